The first-order valence-electron chi connectivity index (χ1n) is 8.87. The van der Waals surface area contributed by atoms with Crippen molar-refractivity contribution < 1.29 is 9.84 Å². The van der Waals surface area contributed by atoms with Gasteiger partial charge in [-0.2, -0.15) is 0 Å². The molecule has 1 aliphatic rings. The molecule has 0 bridgehead atoms. The van der Waals surface area contributed by atoms with Crippen LogP contribution in [0.25, 0.3) is 6.08 Å². The fourth-order valence-corrected chi connectivity index (χ4v) is 3.55. The molecule has 0 atom stereocenters. The van der Waals surface area contributed by atoms with Crippen molar-refractivity contribution in [3.8, 4) is 11.5 Å². The highest BCUT2D eigenvalue weighted by molar-refractivity contribution is 5.55. The number of hydrogen-bond acceptors (Lipinski definition) is 2. The van der Waals surface area contributed by atoms with Crippen molar-refractivity contribution in [2.24, 2.45) is 5.92 Å². The van der Waals surface area contributed by atoms with Gasteiger partial charge in [0, 0.05) is 0 Å². The first kappa shape index (κ1) is 16.6. The molecular weight excluding hydrogens is 296 g/mol. The molecule has 2 nitrogen and oxygen atoms in total. The van der Waals surface area contributed by atoms with E-state index in [4.69, 9.17) is 4.74 Å². The van der Waals surface area contributed by atoms with E-state index in [0.717, 1.165) is 12.2 Å². The van der Waals surface area contributed by atoms with Crippen LogP contribution in [0.3, 0.4) is 0 Å². The van der Waals surface area contributed by atoms with Gasteiger partial charge in [0.05, 0.1) is 7.11 Å². The number of benzene rings is 2. The minimum absolute atomic E-state index is 0.331. The quantitative estimate of drug-likeness (QED) is 0.775. The second-order valence-electron chi connectivity index (χ2n) is 6.67. The first-order chi connectivity index (χ1) is 11.7. The number of phenols is 1. The molecule has 2 aromatic carbocycles. The van der Waals surface area contributed by atoms with Crippen LogP contribution in [0.2, 0.25) is 0 Å². The Labute approximate surface area is 144 Å². The Balaban J connectivity index is 1.84. The Morgan fingerprint density at radius 1 is 1.00 bits per heavy atom. The van der Waals surface area contributed by atoms with Crippen LogP contribution in [0, 0.1) is 5.92 Å². The van der Waals surface area contributed by atoms with E-state index >= 15 is 0 Å². The van der Waals surface area contributed by atoms with Crippen LogP contribution in [0.5, 0.6) is 11.5 Å². The van der Waals surface area contributed by atoms with Gasteiger partial charge in [0.15, 0.2) is 0 Å². The van der Waals surface area contributed by atoms with E-state index < -0.39 is 0 Å². The summed E-state index contributed by atoms with van der Waals surface area (Å²) in [6, 6.07) is 15.9. The number of phenolic OH excluding ortho intramolecular Hbond substituents is 1. The van der Waals surface area contributed by atoms with Gasteiger partial charge in [-0.1, -0.05) is 55.2 Å². The maximum absolute atomic E-state index is 9.50. The SMILES string of the molecule is COc1ccc(/C=C(\Cc2ccc(O)cc2)C2CCCCC2)cc1. The standard InChI is InChI=1S/C22H26O2/c1-24-22-13-9-18(10-14-22)16-20(19-5-3-2-4-6-19)15-17-7-11-21(23)12-8-17/h7-14,16,19,23H,2-6,15H2,1H3/b20-16+. The molecule has 1 saturated carbocycles. The van der Waals surface area contributed by atoms with Gasteiger partial charge in [-0.05, 0) is 60.6 Å². The van der Waals surface area contributed by atoms with Gasteiger partial charge in [-0.3, -0.25) is 0 Å². The molecule has 0 heterocycles. The van der Waals surface area contributed by atoms with Crippen LogP contribution in [-0.2, 0) is 6.42 Å². The molecule has 126 valence electrons. The zero-order valence-electron chi connectivity index (χ0n) is 14.4. The van der Waals surface area contributed by atoms with E-state index in [1.54, 1.807) is 19.2 Å². The molecule has 0 amide bonds. The Hall–Kier alpha value is -2.22. The van der Waals surface area contributed by atoms with Crippen molar-refractivity contribution in [3.63, 3.8) is 0 Å². The average Bonchev–Trinajstić information content (AvgIpc) is 2.64. The Bertz CT molecular complexity index is 662. The molecule has 2 heteroatoms. The third-order valence-electron chi connectivity index (χ3n) is 4.94. The zero-order valence-corrected chi connectivity index (χ0v) is 14.4. The third-order valence-corrected chi connectivity index (χ3v) is 4.94. The highest BCUT2D eigenvalue weighted by Crippen LogP contribution is 2.33. The molecule has 3 rings (SSSR count). The number of allylic oxidation sites excluding steroid dienone is 1. The highest BCUT2D eigenvalue weighted by Gasteiger charge is 2.18. The second-order valence-corrected chi connectivity index (χ2v) is 6.67. The van der Waals surface area contributed by atoms with Gasteiger partial charge in [0.25, 0.3) is 0 Å². The number of hydrogen-bond donors (Lipinski definition) is 1. The van der Waals surface area contributed by atoms with Gasteiger partial charge in [-0.15, -0.1) is 0 Å². The summed E-state index contributed by atoms with van der Waals surface area (Å²) in [5.74, 6) is 1.90. The lowest BCUT2D eigenvalue weighted by molar-refractivity contribution is 0.400. The third kappa shape index (κ3) is 4.41. The summed E-state index contributed by atoms with van der Waals surface area (Å²) >= 11 is 0. The smallest absolute Gasteiger partial charge is 0.118 e. The maximum atomic E-state index is 9.50. The average molecular weight is 322 g/mol. The van der Waals surface area contributed by atoms with Crippen molar-refractivity contribution >= 4 is 6.08 Å². The van der Waals surface area contributed by atoms with Crippen molar-refractivity contribution in [3.05, 3.63) is 65.2 Å². The van der Waals surface area contributed by atoms with E-state index in [1.807, 2.05) is 24.3 Å². The van der Waals surface area contributed by atoms with Crippen LogP contribution >= 0.6 is 0 Å². The number of ether oxygens (including phenoxy) is 1. The summed E-state index contributed by atoms with van der Waals surface area (Å²) in [7, 11) is 1.70. The fraction of sp³-hybridized carbons (Fsp3) is 0.364. The number of methoxy groups -OCH3 is 1. The summed E-state index contributed by atoms with van der Waals surface area (Å²) in [4.78, 5) is 0. The molecule has 0 spiro atoms. The van der Waals surface area contributed by atoms with E-state index in [2.05, 4.69) is 18.2 Å². The molecule has 0 aliphatic heterocycles. The number of rotatable bonds is 5. The number of aromatic hydroxyl groups is 1. The van der Waals surface area contributed by atoms with Crippen LogP contribution in [0.1, 0.15) is 43.2 Å². The van der Waals surface area contributed by atoms with Gasteiger partial charge < -0.3 is 9.84 Å². The van der Waals surface area contributed by atoms with Crippen molar-refractivity contribution in [2.45, 2.75) is 38.5 Å². The van der Waals surface area contributed by atoms with E-state index in [0.29, 0.717) is 11.7 Å². The second kappa shape index (κ2) is 8.05. The molecule has 1 fully saturated rings. The van der Waals surface area contributed by atoms with Crippen LogP contribution in [0.4, 0.5) is 0 Å². The van der Waals surface area contributed by atoms with Gasteiger partial charge in [-0.25, -0.2) is 0 Å². The predicted octanol–water partition coefficient (Wildman–Crippen LogP) is 5.61. The Kier molecular flexibility index (Phi) is 5.58. The van der Waals surface area contributed by atoms with E-state index in [9.17, 15) is 5.11 Å². The molecule has 2 aromatic rings. The zero-order chi connectivity index (χ0) is 16.8. The maximum Gasteiger partial charge on any atom is 0.118 e. The summed E-state index contributed by atoms with van der Waals surface area (Å²) in [5.41, 5.74) is 4.00. The van der Waals surface area contributed by atoms with Gasteiger partial charge in [0.2, 0.25) is 0 Å². The van der Waals surface area contributed by atoms with Crippen LogP contribution in [-0.4, -0.2) is 12.2 Å². The van der Waals surface area contributed by atoms with Crippen molar-refractivity contribution in [2.75, 3.05) is 7.11 Å². The van der Waals surface area contributed by atoms with Gasteiger partial charge >= 0.3 is 0 Å². The molecule has 0 radical (unpaired) electrons. The summed E-state index contributed by atoms with van der Waals surface area (Å²) in [5, 5.41) is 9.50. The molecule has 0 unspecified atom stereocenters. The van der Waals surface area contributed by atoms with E-state index in [1.165, 1.54) is 48.8 Å². The highest BCUT2D eigenvalue weighted by atomic mass is 16.5. The summed E-state index contributed by atoms with van der Waals surface area (Å²) < 4.78 is 5.25. The van der Waals surface area contributed by atoms with Gasteiger partial charge in [0.1, 0.15) is 11.5 Å². The molecule has 0 aromatic heterocycles. The predicted molar refractivity (Wildman–Crippen MR) is 99.4 cm³/mol. The molecule has 1 aliphatic carbocycles. The lowest BCUT2D eigenvalue weighted by atomic mass is 9.80. The van der Waals surface area contributed by atoms with Crippen molar-refractivity contribution in [1.82, 2.24) is 0 Å². The lowest BCUT2D eigenvalue weighted by Crippen LogP contribution is -2.11. The fourth-order valence-electron chi connectivity index (χ4n) is 3.55. The summed E-state index contributed by atoms with van der Waals surface area (Å²) in [6.07, 6.45) is 9.92. The Morgan fingerprint density at radius 3 is 2.29 bits per heavy atom. The topological polar surface area (TPSA) is 29.5 Å². The monoisotopic (exact) mass is 322 g/mol. The minimum atomic E-state index is 0.331. The lowest BCUT2D eigenvalue weighted by Gasteiger charge is -2.25. The normalized spacial score (nSPS) is 16.1. The molecular formula is C22H26O2. The largest absolute Gasteiger partial charge is 0.508 e. The van der Waals surface area contributed by atoms with Crippen LogP contribution < -0.4 is 4.74 Å². The van der Waals surface area contributed by atoms with Crippen LogP contribution in [0.15, 0.2) is 54.1 Å². The molecule has 0 saturated heterocycles. The van der Waals surface area contributed by atoms with Crippen molar-refractivity contribution in [1.29, 1.82) is 0 Å². The summed E-state index contributed by atoms with van der Waals surface area (Å²) in [6.45, 7) is 0. The van der Waals surface area contributed by atoms with E-state index in [-0.39, 0.29) is 0 Å². The molecule has 1 N–H and O–H groups in total. The first-order valence-corrected chi connectivity index (χ1v) is 8.87. The minimum Gasteiger partial charge on any atom is -0.508 e. The Morgan fingerprint density at radius 2 is 1.67 bits per heavy atom. The molecule has 24 heavy (non-hydrogen) atoms.